The normalized spacial score (nSPS) is 32.7. The van der Waals surface area contributed by atoms with Crippen LogP contribution in [-0.2, 0) is 15.7 Å². The molecule has 1 nitrogen and oxygen atoms in total. The number of Topliss-reactive ketones (excluding diaryl/α,β-unsaturated/α-hetero) is 1. The molecule has 1 atom stereocenters. The molecule has 1 unspecified atom stereocenters. The second-order valence-corrected chi connectivity index (χ2v) is 6.31. The third kappa shape index (κ3) is 1.68. The Morgan fingerprint density at radius 2 is 1.83 bits per heavy atom. The Morgan fingerprint density at radius 3 is 2.50 bits per heavy atom. The van der Waals surface area contributed by atoms with E-state index in [1.165, 1.54) is 37.2 Å². The lowest BCUT2D eigenvalue weighted by atomic mass is 9.99. The van der Waals surface area contributed by atoms with Gasteiger partial charge in [0.2, 0.25) is 0 Å². The minimum atomic E-state index is 0.501. The molecule has 0 radical (unpaired) electrons. The van der Waals surface area contributed by atoms with Crippen molar-refractivity contribution in [1.29, 1.82) is 0 Å². The van der Waals surface area contributed by atoms with Crippen LogP contribution in [-0.4, -0.2) is 22.5 Å². The molecule has 2 rings (SSSR count). The topological polar surface area (TPSA) is 17.1 Å². The van der Waals surface area contributed by atoms with Crippen LogP contribution in [0.1, 0.15) is 38.5 Å². The zero-order valence-corrected chi connectivity index (χ0v) is 8.37. The summed E-state index contributed by atoms with van der Waals surface area (Å²) in [4.78, 5) is 11.6. The quantitative estimate of drug-likeness (QED) is 0.570. The van der Waals surface area contributed by atoms with E-state index in [0.717, 1.165) is 12.8 Å². The molecule has 0 aromatic carbocycles. The Bertz CT molecular complexity index is 173. The molecule has 2 aliphatic rings. The number of ketones is 1. The van der Waals surface area contributed by atoms with Crippen molar-refractivity contribution in [3.05, 3.63) is 0 Å². The number of rotatable bonds is 1. The van der Waals surface area contributed by atoms with Crippen LogP contribution in [0.5, 0.6) is 0 Å². The Morgan fingerprint density at radius 1 is 1.08 bits per heavy atom. The molecule has 1 saturated carbocycles. The molecule has 0 aromatic rings. The van der Waals surface area contributed by atoms with Gasteiger partial charge in [0.25, 0.3) is 0 Å². The molecule has 68 valence electrons. The van der Waals surface area contributed by atoms with Crippen molar-refractivity contribution < 1.29 is 4.79 Å². The summed E-state index contributed by atoms with van der Waals surface area (Å²) < 4.78 is 0. The first-order valence-electron chi connectivity index (χ1n) is 5.07. The second kappa shape index (κ2) is 3.82. The van der Waals surface area contributed by atoms with Crippen LogP contribution in [0.4, 0.5) is 0 Å². The summed E-state index contributed by atoms with van der Waals surface area (Å²) in [6.45, 7) is 0. The van der Waals surface area contributed by atoms with E-state index < -0.39 is 0 Å². The molecule has 0 N–H and O–H groups in total. The van der Waals surface area contributed by atoms with Gasteiger partial charge in [-0.2, -0.15) is 0 Å². The molecular weight excluding hydrogens is 168 g/mol. The standard InChI is InChI=1S/C10H17OS/c11-9-5-1-2-6-10(9)12-7-3-4-8-12/h10H,1-8H2/q+1. The molecule has 0 bridgehead atoms. The van der Waals surface area contributed by atoms with Gasteiger partial charge in [0, 0.05) is 12.8 Å². The molecule has 0 spiro atoms. The van der Waals surface area contributed by atoms with Crippen molar-refractivity contribution in [2.24, 2.45) is 0 Å². The summed E-state index contributed by atoms with van der Waals surface area (Å²) in [6.07, 6.45) is 7.32. The first kappa shape index (κ1) is 8.61. The summed E-state index contributed by atoms with van der Waals surface area (Å²) in [5.74, 6) is 3.30. The van der Waals surface area contributed by atoms with E-state index in [1.807, 2.05) is 0 Å². The first-order chi connectivity index (χ1) is 5.88. The fraction of sp³-hybridized carbons (Fsp3) is 0.900. The molecule has 2 fully saturated rings. The largest absolute Gasteiger partial charge is 0.294 e. The van der Waals surface area contributed by atoms with Gasteiger partial charge in [0.1, 0.15) is 11.5 Å². The molecule has 1 saturated heterocycles. The SMILES string of the molecule is O=C1CCCCC1[S+]1CCCC1. The van der Waals surface area contributed by atoms with Crippen molar-refractivity contribution >= 4 is 16.7 Å². The van der Waals surface area contributed by atoms with Gasteiger partial charge in [-0.15, -0.1) is 0 Å². The van der Waals surface area contributed by atoms with Gasteiger partial charge in [0.15, 0.2) is 11.0 Å². The Labute approximate surface area is 77.3 Å². The van der Waals surface area contributed by atoms with E-state index in [0.29, 0.717) is 21.9 Å². The maximum Gasteiger partial charge on any atom is 0.184 e. The van der Waals surface area contributed by atoms with Crippen LogP contribution >= 0.6 is 0 Å². The van der Waals surface area contributed by atoms with E-state index in [1.54, 1.807) is 0 Å². The molecule has 12 heavy (non-hydrogen) atoms. The highest BCUT2D eigenvalue weighted by Crippen LogP contribution is 2.27. The van der Waals surface area contributed by atoms with Crippen LogP contribution in [0.25, 0.3) is 0 Å². The predicted molar refractivity (Wildman–Crippen MR) is 53.6 cm³/mol. The highest BCUT2D eigenvalue weighted by atomic mass is 32.2. The molecule has 0 aromatic heterocycles. The Hall–Kier alpha value is 0.0200. The molecule has 1 aliphatic heterocycles. The smallest absolute Gasteiger partial charge is 0.184 e. The number of carbonyl (C=O) groups excluding carboxylic acids is 1. The average Bonchev–Trinajstić information content (AvgIpc) is 2.57. The first-order valence-corrected chi connectivity index (χ1v) is 6.69. The highest BCUT2D eigenvalue weighted by molar-refractivity contribution is 7.98. The fourth-order valence-electron chi connectivity index (χ4n) is 2.26. The van der Waals surface area contributed by atoms with E-state index in [4.69, 9.17) is 0 Å². The maximum atomic E-state index is 11.6. The lowest BCUT2D eigenvalue weighted by molar-refractivity contribution is -0.119. The third-order valence-electron chi connectivity index (χ3n) is 2.96. The summed E-state index contributed by atoms with van der Waals surface area (Å²) in [5.41, 5.74) is 0. The summed E-state index contributed by atoms with van der Waals surface area (Å²) >= 11 is 0. The Kier molecular flexibility index (Phi) is 2.74. The second-order valence-electron chi connectivity index (χ2n) is 3.85. The lowest BCUT2D eigenvalue weighted by Gasteiger charge is -2.18. The third-order valence-corrected chi connectivity index (χ3v) is 5.89. The minimum absolute atomic E-state index is 0.501. The number of hydrogen-bond acceptors (Lipinski definition) is 1. The molecular formula is C10H17OS+. The van der Waals surface area contributed by atoms with Crippen molar-refractivity contribution in [1.82, 2.24) is 0 Å². The van der Waals surface area contributed by atoms with Crippen LogP contribution in [0.15, 0.2) is 0 Å². The van der Waals surface area contributed by atoms with Crippen molar-refractivity contribution in [2.75, 3.05) is 11.5 Å². The summed E-state index contributed by atoms with van der Waals surface area (Å²) in [7, 11) is 0.507. The fourth-order valence-corrected chi connectivity index (χ4v) is 5.18. The van der Waals surface area contributed by atoms with Gasteiger partial charge in [-0.1, -0.05) is 0 Å². The molecule has 0 amide bonds. The van der Waals surface area contributed by atoms with Gasteiger partial charge in [-0.25, -0.2) is 0 Å². The number of hydrogen-bond donors (Lipinski definition) is 0. The van der Waals surface area contributed by atoms with Crippen molar-refractivity contribution in [3.8, 4) is 0 Å². The molecule has 2 heteroatoms. The van der Waals surface area contributed by atoms with E-state index in [-0.39, 0.29) is 0 Å². The number of carbonyl (C=O) groups is 1. The van der Waals surface area contributed by atoms with E-state index >= 15 is 0 Å². The zero-order chi connectivity index (χ0) is 8.39. The maximum absolute atomic E-state index is 11.6. The summed E-state index contributed by atoms with van der Waals surface area (Å²) in [6, 6.07) is 0. The van der Waals surface area contributed by atoms with Gasteiger partial charge in [-0.3, -0.25) is 4.79 Å². The lowest BCUT2D eigenvalue weighted by Crippen LogP contribution is -2.34. The van der Waals surface area contributed by atoms with E-state index in [2.05, 4.69) is 0 Å². The average molecular weight is 185 g/mol. The van der Waals surface area contributed by atoms with Gasteiger partial charge in [0.05, 0.1) is 0 Å². The zero-order valence-electron chi connectivity index (χ0n) is 7.55. The van der Waals surface area contributed by atoms with Gasteiger partial charge < -0.3 is 0 Å². The van der Waals surface area contributed by atoms with E-state index in [9.17, 15) is 4.79 Å². The minimum Gasteiger partial charge on any atom is -0.294 e. The van der Waals surface area contributed by atoms with Crippen molar-refractivity contribution in [3.63, 3.8) is 0 Å². The van der Waals surface area contributed by atoms with Crippen LogP contribution in [0.3, 0.4) is 0 Å². The van der Waals surface area contributed by atoms with Crippen LogP contribution in [0, 0.1) is 0 Å². The van der Waals surface area contributed by atoms with Crippen LogP contribution < -0.4 is 0 Å². The molecule has 1 aliphatic carbocycles. The highest BCUT2D eigenvalue weighted by Gasteiger charge is 2.39. The Balaban J connectivity index is 1.95. The van der Waals surface area contributed by atoms with Gasteiger partial charge >= 0.3 is 0 Å². The monoisotopic (exact) mass is 185 g/mol. The van der Waals surface area contributed by atoms with Gasteiger partial charge in [-0.05, 0) is 36.6 Å². The predicted octanol–water partition coefficient (Wildman–Crippen LogP) is 1.91. The van der Waals surface area contributed by atoms with Crippen LogP contribution in [0.2, 0.25) is 0 Å². The van der Waals surface area contributed by atoms with Crippen molar-refractivity contribution in [2.45, 2.75) is 43.8 Å². The molecule has 1 heterocycles. The summed E-state index contributed by atoms with van der Waals surface area (Å²) in [5, 5.41) is 0.501.